The van der Waals surface area contributed by atoms with Crippen molar-refractivity contribution in [2.45, 2.75) is 13.5 Å². The minimum atomic E-state index is -0.381. The average Bonchev–Trinajstić information content (AvgIpc) is 3.06. The molecule has 2 aromatic heterocycles. The van der Waals surface area contributed by atoms with Crippen LogP contribution in [0.3, 0.4) is 0 Å². The van der Waals surface area contributed by atoms with Crippen LogP contribution in [0.15, 0.2) is 41.0 Å². The molecule has 3 rings (SSSR count). The molecule has 0 unspecified atom stereocenters. The van der Waals surface area contributed by atoms with Gasteiger partial charge in [-0.2, -0.15) is 0 Å². The molecule has 0 saturated heterocycles. The van der Waals surface area contributed by atoms with E-state index in [0.717, 1.165) is 10.9 Å². The third-order valence-electron chi connectivity index (χ3n) is 3.31. The van der Waals surface area contributed by atoms with Gasteiger partial charge in [0.05, 0.1) is 29.5 Å². The Morgan fingerprint density at radius 1 is 1.23 bits per heavy atom. The Kier molecular flexibility index (Phi) is 4.14. The predicted octanol–water partition coefficient (Wildman–Crippen LogP) is 4.77. The fourth-order valence-corrected chi connectivity index (χ4v) is 2.65. The molecular formula is C16H13Cl2NO3. The van der Waals surface area contributed by atoms with Crippen LogP contribution in [0.2, 0.25) is 10.0 Å². The van der Waals surface area contributed by atoms with E-state index in [2.05, 4.69) is 0 Å². The lowest BCUT2D eigenvalue weighted by atomic mass is 10.2. The standard InChI is InChI=1S/C16H13Cl2NO3/c1-2-21-16(20)14-8-11-5-6-22-15(11)19(14)9-10-3-4-12(17)13(18)7-10/h3-8H,2,9H2,1H3. The monoisotopic (exact) mass is 337 g/mol. The van der Waals surface area contributed by atoms with Crippen LogP contribution in [0.4, 0.5) is 0 Å². The van der Waals surface area contributed by atoms with Crippen molar-refractivity contribution in [1.82, 2.24) is 4.57 Å². The van der Waals surface area contributed by atoms with E-state index < -0.39 is 0 Å². The first-order chi connectivity index (χ1) is 10.6. The maximum atomic E-state index is 12.1. The van der Waals surface area contributed by atoms with Crippen molar-refractivity contribution in [3.05, 3.63) is 57.9 Å². The SMILES string of the molecule is CCOC(=O)c1cc2ccoc2n1Cc1ccc(Cl)c(Cl)c1. The molecule has 3 aromatic rings. The highest BCUT2D eigenvalue weighted by Gasteiger charge is 2.19. The van der Waals surface area contributed by atoms with E-state index in [-0.39, 0.29) is 5.97 Å². The first-order valence-electron chi connectivity index (χ1n) is 6.78. The number of fused-ring (bicyclic) bond motifs is 1. The molecule has 0 aliphatic heterocycles. The van der Waals surface area contributed by atoms with E-state index in [4.69, 9.17) is 32.4 Å². The van der Waals surface area contributed by atoms with E-state index >= 15 is 0 Å². The van der Waals surface area contributed by atoms with Crippen molar-refractivity contribution in [3.63, 3.8) is 0 Å². The third kappa shape index (κ3) is 2.72. The summed E-state index contributed by atoms with van der Waals surface area (Å²) in [6.45, 7) is 2.52. The molecule has 6 heteroatoms. The minimum Gasteiger partial charge on any atom is -0.461 e. The molecule has 0 N–H and O–H groups in total. The van der Waals surface area contributed by atoms with E-state index in [0.29, 0.717) is 34.6 Å². The highest BCUT2D eigenvalue weighted by atomic mass is 35.5. The number of carbonyl (C=O) groups excluding carboxylic acids is 1. The minimum absolute atomic E-state index is 0.318. The summed E-state index contributed by atoms with van der Waals surface area (Å²) in [7, 11) is 0. The van der Waals surface area contributed by atoms with Gasteiger partial charge < -0.3 is 13.7 Å². The Hall–Kier alpha value is -1.91. The fourth-order valence-electron chi connectivity index (χ4n) is 2.33. The van der Waals surface area contributed by atoms with Crippen molar-refractivity contribution in [2.24, 2.45) is 0 Å². The molecule has 0 spiro atoms. The lowest BCUT2D eigenvalue weighted by Crippen LogP contribution is -2.12. The van der Waals surface area contributed by atoms with Crippen LogP contribution in [0.25, 0.3) is 11.1 Å². The Bertz CT molecular complexity index is 835. The van der Waals surface area contributed by atoms with E-state index in [1.165, 1.54) is 0 Å². The van der Waals surface area contributed by atoms with E-state index in [1.807, 2.05) is 12.1 Å². The molecule has 0 atom stereocenters. The Labute approximate surface area is 137 Å². The molecular weight excluding hydrogens is 325 g/mol. The summed E-state index contributed by atoms with van der Waals surface area (Å²) in [4.78, 5) is 12.1. The Morgan fingerprint density at radius 2 is 2.05 bits per heavy atom. The van der Waals surface area contributed by atoms with Gasteiger partial charge in [0.2, 0.25) is 5.71 Å². The summed E-state index contributed by atoms with van der Waals surface area (Å²) < 4.78 is 12.4. The number of nitrogens with zero attached hydrogens (tertiary/aromatic N) is 1. The normalized spacial score (nSPS) is 11.0. The summed E-state index contributed by atoms with van der Waals surface area (Å²) in [6, 6.07) is 8.93. The molecule has 0 aliphatic rings. The van der Waals surface area contributed by atoms with Crippen LogP contribution in [0.5, 0.6) is 0 Å². The number of hydrogen-bond donors (Lipinski definition) is 0. The van der Waals surface area contributed by atoms with Gasteiger partial charge in [-0.05, 0) is 36.8 Å². The average molecular weight is 338 g/mol. The number of rotatable bonds is 4. The number of ether oxygens (including phenoxy) is 1. The first-order valence-corrected chi connectivity index (χ1v) is 7.53. The van der Waals surface area contributed by atoms with Gasteiger partial charge in [0, 0.05) is 5.39 Å². The van der Waals surface area contributed by atoms with Gasteiger partial charge in [-0.25, -0.2) is 4.79 Å². The Morgan fingerprint density at radius 3 is 2.77 bits per heavy atom. The molecule has 1 aromatic carbocycles. The molecule has 4 nitrogen and oxygen atoms in total. The molecule has 0 fully saturated rings. The molecule has 114 valence electrons. The van der Waals surface area contributed by atoms with E-state index in [9.17, 15) is 4.79 Å². The summed E-state index contributed by atoms with van der Waals surface area (Å²) in [5.41, 5.74) is 1.98. The first kappa shape index (κ1) is 15.0. The predicted molar refractivity (Wildman–Crippen MR) is 85.7 cm³/mol. The van der Waals surface area contributed by atoms with Gasteiger partial charge in [-0.1, -0.05) is 29.3 Å². The van der Waals surface area contributed by atoms with Crippen LogP contribution in [-0.2, 0) is 11.3 Å². The van der Waals surface area contributed by atoms with Gasteiger partial charge in [-0.15, -0.1) is 0 Å². The van der Waals surface area contributed by atoms with Crippen LogP contribution in [0.1, 0.15) is 23.0 Å². The Balaban J connectivity index is 2.03. The number of carbonyl (C=O) groups is 1. The zero-order chi connectivity index (χ0) is 15.7. The van der Waals surface area contributed by atoms with Gasteiger partial charge in [0.1, 0.15) is 5.69 Å². The van der Waals surface area contributed by atoms with E-state index in [1.54, 1.807) is 36.0 Å². The molecule has 22 heavy (non-hydrogen) atoms. The van der Waals surface area contributed by atoms with Crippen molar-refractivity contribution < 1.29 is 13.9 Å². The van der Waals surface area contributed by atoms with Gasteiger partial charge in [0.15, 0.2) is 0 Å². The quantitative estimate of drug-likeness (QED) is 0.644. The van der Waals surface area contributed by atoms with Gasteiger partial charge in [0.25, 0.3) is 0 Å². The number of halogens is 2. The number of hydrogen-bond acceptors (Lipinski definition) is 3. The lowest BCUT2D eigenvalue weighted by molar-refractivity contribution is 0.0514. The highest BCUT2D eigenvalue weighted by Crippen LogP contribution is 2.26. The summed E-state index contributed by atoms with van der Waals surface area (Å²) >= 11 is 12.0. The van der Waals surface area contributed by atoms with Crippen molar-refractivity contribution in [3.8, 4) is 0 Å². The zero-order valence-electron chi connectivity index (χ0n) is 11.8. The van der Waals surface area contributed by atoms with Crippen LogP contribution in [0, 0.1) is 0 Å². The van der Waals surface area contributed by atoms with Gasteiger partial charge in [-0.3, -0.25) is 0 Å². The highest BCUT2D eigenvalue weighted by molar-refractivity contribution is 6.42. The molecule has 0 amide bonds. The fraction of sp³-hybridized carbons (Fsp3) is 0.188. The molecule has 2 heterocycles. The molecule has 0 bridgehead atoms. The van der Waals surface area contributed by atoms with Gasteiger partial charge >= 0.3 is 5.97 Å². The maximum Gasteiger partial charge on any atom is 0.355 e. The molecule has 0 aliphatic carbocycles. The molecule has 0 radical (unpaired) electrons. The zero-order valence-corrected chi connectivity index (χ0v) is 13.3. The number of furan rings is 1. The van der Waals surface area contributed by atoms with Crippen molar-refractivity contribution >= 4 is 40.3 Å². The second-order valence-electron chi connectivity index (χ2n) is 4.77. The number of aromatic nitrogens is 1. The van der Waals surface area contributed by atoms with Crippen LogP contribution < -0.4 is 0 Å². The lowest BCUT2D eigenvalue weighted by Gasteiger charge is -2.09. The second kappa shape index (κ2) is 6.07. The van der Waals surface area contributed by atoms with Crippen LogP contribution >= 0.6 is 23.2 Å². The largest absolute Gasteiger partial charge is 0.461 e. The third-order valence-corrected chi connectivity index (χ3v) is 4.05. The number of esters is 1. The van der Waals surface area contributed by atoms with Crippen molar-refractivity contribution in [2.75, 3.05) is 6.61 Å². The summed E-state index contributed by atoms with van der Waals surface area (Å²) in [6.07, 6.45) is 1.59. The summed E-state index contributed by atoms with van der Waals surface area (Å²) in [5, 5.41) is 1.81. The molecule has 0 saturated carbocycles. The number of benzene rings is 1. The smallest absolute Gasteiger partial charge is 0.355 e. The van der Waals surface area contributed by atoms with Crippen molar-refractivity contribution in [1.29, 1.82) is 0 Å². The topological polar surface area (TPSA) is 44.4 Å². The van der Waals surface area contributed by atoms with Crippen LogP contribution in [-0.4, -0.2) is 17.1 Å². The maximum absolute atomic E-state index is 12.1. The second-order valence-corrected chi connectivity index (χ2v) is 5.58. The summed E-state index contributed by atoms with van der Waals surface area (Å²) in [5.74, 6) is -0.381.